The molecule has 9 heteroatoms. The van der Waals surface area contributed by atoms with Gasteiger partial charge in [-0.3, -0.25) is 20.0 Å². The van der Waals surface area contributed by atoms with Crippen LogP contribution in [-0.4, -0.2) is 50.7 Å². The summed E-state index contributed by atoms with van der Waals surface area (Å²) in [4.78, 5) is 43.4. The van der Waals surface area contributed by atoms with E-state index in [-0.39, 0.29) is 18.9 Å². The number of aliphatic hydroxyl groups excluding tert-OH is 1. The molecule has 3 heterocycles. The first-order chi connectivity index (χ1) is 17.1. The summed E-state index contributed by atoms with van der Waals surface area (Å²) >= 11 is 0. The molecule has 1 aliphatic carbocycles. The quantitative estimate of drug-likeness (QED) is 0.535. The number of carbonyl (C=O) groups excluding carboxylic acids is 3. The summed E-state index contributed by atoms with van der Waals surface area (Å²) < 4.78 is 6.93. The van der Waals surface area contributed by atoms with E-state index in [0.29, 0.717) is 35.4 Å². The lowest BCUT2D eigenvalue weighted by Crippen LogP contribution is -2.42. The predicted molar refractivity (Wildman–Crippen MR) is 126 cm³/mol. The Balaban J connectivity index is 1.67. The predicted octanol–water partition coefficient (Wildman–Crippen LogP) is 2.40. The van der Waals surface area contributed by atoms with E-state index in [2.05, 4.69) is 10.4 Å². The SMILES string of the molecule is O=C(NN1C=C(c2ccccc2)n2c(C(=O)OCCO)cc3c2C(=CCC3)C1=O)c1ccncc1. The molecule has 1 aromatic carbocycles. The lowest BCUT2D eigenvalue weighted by molar-refractivity contribution is -0.124. The van der Waals surface area contributed by atoms with Gasteiger partial charge in [0.05, 0.1) is 29.8 Å². The third-order valence-corrected chi connectivity index (χ3v) is 5.81. The molecule has 1 aliphatic heterocycles. The Labute approximate surface area is 200 Å². The summed E-state index contributed by atoms with van der Waals surface area (Å²) in [7, 11) is 0. The van der Waals surface area contributed by atoms with Crippen molar-refractivity contribution >= 4 is 29.1 Å². The maximum absolute atomic E-state index is 13.6. The number of hydrogen-bond acceptors (Lipinski definition) is 6. The van der Waals surface area contributed by atoms with Crippen LogP contribution in [-0.2, 0) is 16.0 Å². The monoisotopic (exact) mass is 470 g/mol. The lowest BCUT2D eigenvalue weighted by Gasteiger charge is -2.20. The minimum absolute atomic E-state index is 0.144. The molecule has 0 spiro atoms. The van der Waals surface area contributed by atoms with Gasteiger partial charge in [-0.15, -0.1) is 0 Å². The molecule has 9 nitrogen and oxygen atoms in total. The van der Waals surface area contributed by atoms with E-state index in [9.17, 15) is 14.4 Å². The minimum atomic E-state index is -0.614. The summed E-state index contributed by atoms with van der Waals surface area (Å²) in [6.07, 6.45) is 7.57. The first-order valence-electron chi connectivity index (χ1n) is 11.1. The van der Waals surface area contributed by atoms with Gasteiger partial charge in [0.2, 0.25) is 0 Å². The van der Waals surface area contributed by atoms with Gasteiger partial charge in [0.15, 0.2) is 0 Å². The number of nitrogens with zero attached hydrogens (tertiary/aromatic N) is 3. The Bertz CT molecular complexity index is 1360. The Hall–Kier alpha value is -4.50. The van der Waals surface area contributed by atoms with E-state index in [1.807, 2.05) is 36.4 Å². The van der Waals surface area contributed by atoms with Crippen LogP contribution in [0.4, 0.5) is 0 Å². The molecular weight excluding hydrogens is 448 g/mol. The second-order valence-electron chi connectivity index (χ2n) is 7.99. The fourth-order valence-corrected chi connectivity index (χ4v) is 4.26. The number of ether oxygens (including phenoxy) is 1. The maximum atomic E-state index is 13.6. The molecule has 0 saturated carbocycles. The van der Waals surface area contributed by atoms with Gasteiger partial charge in [0.1, 0.15) is 12.3 Å². The van der Waals surface area contributed by atoms with Gasteiger partial charge in [0.25, 0.3) is 11.8 Å². The molecule has 2 aliphatic rings. The number of aryl methyl sites for hydroxylation is 1. The number of pyridine rings is 1. The molecule has 0 fully saturated rings. The van der Waals surface area contributed by atoms with Crippen LogP contribution in [0.25, 0.3) is 11.3 Å². The van der Waals surface area contributed by atoms with Gasteiger partial charge in [-0.25, -0.2) is 9.80 Å². The summed E-state index contributed by atoms with van der Waals surface area (Å²) in [5.74, 6) is -1.51. The van der Waals surface area contributed by atoms with Crippen LogP contribution in [0, 0.1) is 0 Å². The van der Waals surface area contributed by atoms with E-state index < -0.39 is 17.8 Å². The van der Waals surface area contributed by atoms with Crippen molar-refractivity contribution in [3.05, 3.63) is 101 Å². The van der Waals surface area contributed by atoms with E-state index in [1.54, 1.807) is 22.8 Å². The van der Waals surface area contributed by atoms with Crippen LogP contribution < -0.4 is 5.43 Å². The molecule has 0 bridgehead atoms. The van der Waals surface area contributed by atoms with Crippen molar-refractivity contribution in [3.63, 3.8) is 0 Å². The first-order valence-corrected chi connectivity index (χ1v) is 11.1. The lowest BCUT2D eigenvalue weighted by atomic mass is 9.96. The van der Waals surface area contributed by atoms with Crippen molar-refractivity contribution in [2.24, 2.45) is 0 Å². The van der Waals surface area contributed by atoms with Gasteiger partial charge in [0, 0.05) is 23.5 Å². The highest BCUT2D eigenvalue weighted by Crippen LogP contribution is 2.37. The van der Waals surface area contributed by atoms with Gasteiger partial charge >= 0.3 is 5.97 Å². The number of benzene rings is 1. The minimum Gasteiger partial charge on any atom is -0.459 e. The summed E-state index contributed by atoms with van der Waals surface area (Å²) in [5.41, 5.74) is 6.30. The third kappa shape index (κ3) is 4.13. The molecule has 5 rings (SSSR count). The smallest absolute Gasteiger partial charge is 0.355 e. The Morgan fingerprint density at radius 1 is 1.11 bits per heavy atom. The van der Waals surface area contributed by atoms with Crippen molar-refractivity contribution in [3.8, 4) is 0 Å². The number of allylic oxidation sites excluding steroid dienone is 1. The van der Waals surface area contributed by atoms with Crippen molar-refractivity contribution in [1.29, 1.82) is 0 Å². The molecular formula is C26H22N4O5. The number of esters is 1. The Morgan fingerprint density at radius 2 is 1.89 bits per heavy atom. The van der Waals surface area contributed by atoms with E-state index in [0.717, 1.165) is 16.1 Å². The van der Waals surface area contributed by atoms with Gasteiger partial charge < -0.3 is 14.4 Å². The zero-order chi connectivity index (χ0) is 24.4. The number of aromatic nitrogens is 2. The van der Waals surface area contributed by atoms with Crippen LogP contribution in [0.3, 0.4) is 0 Å². The molecule has 0 radical (unpaired) electrons. The van der Waals surface area contributed by atoms with Crippen LogP contribution >= 0.6 is 0 Å². The number of amides is 2. The highest BCUT2D eigenvalue weighted by Gasteiger charge is 2.35. The Morgan fingerprint density at radius 3 is 2.63 bits per heavy atom. The van der Waals surface area contributed by atoms with Crippen molar-refractivity contribution < 1.29 is 24.2 Å². The highest BCUT2D eigenvalue weighted by atomic mass is 16.5. The highest BCUT2D eigenvalue weighted by molar-refractivity contribution is 6.22. The number of nitrogens with one attached hydrogen (secondary N) is 1. The summed E-state index contributed by atoms with van der Waals surface area (Å²) in [5, 5.41) is 10.3. The Kier molecular flexibility index (Phi) is 5.99. The number of hydrogen-bond donors (Lipinski definition) is 2. The third-order valence-electron chi connectivity index (χ3n) is 5.81. The van der Waals surface area contributed by atoms with E-state index in [4.69, 9.17) is 9.84 Å². The topological polar surface area (TPSA) is 114 Å². The van der Waals surface area contributed by atoms with Crippen LogP contribution in [0.2, 0.25) is 0 Å². The zero-order valence-corrected chi connectivity index (χ0v) is 18.7. The van der Waals surface area contributed by atoms with Gasteiger partial charge in [-0.2, -0.15) is 0 Å². The molecule has 35 heavy (non-hydrogen) atoms. The maximum Gasteiger partial charge on any atom is 0.355 e. The van der Waals surface area contributed by atoms with Crippen molar-refractivity contribution in [2.45, 2.75) is 12.8 Å². The number of aliphatic hydroxyl groups is 1. The second kappa shape index (κ2) is 9.40. The fourth-order valence-electron chi connectivity index (χ4n) is 4.26. The average molecular weight is 470 g/mol. The molecule has 176 valence electrons. The standard InChI is InChI=1S/C26H22N4O5/c31-13-14-35-26(34)21-15-19-7-4-8-20-23(19)30(21)22(17-5-2-1-3-6-17)16-29(25(20)33)28-24(32)18-9-11-27-12-10-18/h1-3,5-6,8-12,15-16,31H,4,7,13-14H2,(H,28,32). The van der Waals surface area contributed by atoms with Crippen LogP contribution in [0.15, 0.2) is 73.2 Å². The number of rotatable bonds is 6. The molecule has 2 N–H and O–H groups in total. The average Bonchev–Trinajstić information content (AvgIpc) is 3.24. The molecule has 3 aromatic rings. The zero-order valence-electron chi connectivity index (χ0n) is 18.7. The normalized spacial score (nSPS) is 14.4. The van der Waals surface area contributed by atoms with Crippen LogP contribution in [0.5, 0.6) is 0 Å². The van der Waals surface area contributed by atoms with E-state index >= 15 is 0 Å². The van der Waals surface area contributed by atoms with E-state index in [1.165, 1.54) is 18.6 Å². The second-order valence-corrected chi connectivity index (χ2v) is 7.99. The number of carbonyl (C=O) groups is 3. The first kappa shape index (κ1) is 22.3. The molecule has 2 aromatic heterocycles. The fraction of sp³-hybridized carbons (Fsp3) is 0.154. The van der Waals surface area contributed by atoms with Crippen molar-refractivity contribution in [1.82, 2.24) is 20.0 Å². The van der Waals surface area contributed by atoms with Crippen LogP contribution in [0.1, 0.15) is 44.1 Å². The molecule has 2 amide bonds. The van der Waals surface area contributed by atoms with Crippen molar-refractivity contribution in [2.75, 3.05) is 13.2 Å². The van der Waals surface area contributed by atoms with Gasteiger partial charge in [-0.1, -0.05) is 36.4 Å². The summed E-state index contributed by atoms with van der Waals surface area (Å²) in [6.45, 7) is -0.444. The largest absolute Gasteiger partial charge is 0.459 e. The molecule has 0 saturated heterocycles. The molecule has 0 atom stereocenters. The van der Waals surface area contributed by atoms with Gasteiger partial charge in [-0.05, 0) is 36.6 Å². The molecule has 0 unspecified atom stereocenters. The number of hydrazine groups is 1. The summed E-state index contributed by atoms with van der Waals surface area (Å²) in [6, 6.07) is 14.1.